The lowest BCUT2D eigenvalue weighted by Crippen LogP contribution is -2.50. The number of oxime groups is 1. The fraction of sp³-hybridized carbons (Fsp3) is 0.480. The molecule has 2 fully saturated rings. The summed E-state index contributed by atoms with van der Waals surface area (Å²) >= 11 is 0. The van der Waals surface area contributed by atoms with Crippen LogP contribution in [0.3, 0.4) is 0 Å². The van der Waals surface area contributed by atoms with Crippen molar-refractivity contribution in [1.29, 1.82) is 0 Å². The second-order valence-electron chi connectivity index (χ2n) is 8.15. The van der Waals surface area contributed by atoms with Crippen molar-refractivity contribution >= 4 is 5.71 Å². The van der Waals surface area contributed by atoms with Crippen LogP contribution in [0.2, 0.25) is 0 Å². The molecule has 148 valence electrons. The molecular weight excluding hydrogens is 344 g/mol. The maximum Gasteiger partial charge on any atom is 0.106 e. The first-order valence-electron chi connectivity index (χ1n) is 10.8. The van der Waals surface area contributed by atoms with E-state index in [1.54, 1.807) is 7.11 Å². The zero-order valence-electron chi connectivity index (χ0n) is 17.3. The van der Waals surface area contributed by atoms with Crippen molar-refractivity contribution in [2.75, 3.05) is 7.11 Å². The van der Waals surface area contributed by atoms with Gasteiger partial charge in [-0.2, -0.15) is 0 Å². The molecule has 1 N–H and O–H groups in total. The van der Waals surface area contributed by atoms with Crippen LogP contribution in [0.1, 0.15) is 67.4 Å². The van der Waals surface area contributed by atoms with Gasteiger partial charge in [0.2, 0.25) is 0 Å². The van der Waals surface area contributed by atoms with Crippen LogP contribution < -0.4 is 5.32 Å². The smallest absolute Gasteiger partial charge is 0.106 e. The molecule has 2 aromatic carbocycles. The number of rotatable bonds is 5. The average molecular weight is 377 g/mol. The van der Waals surface area contributed by atoms with E-state index in [0.29, 0.717) is 11.8 Å². The molecule has 1 aliphatic heterocycles. The number of fused-ring (bicyclic) bond motifs is 2. The Labute approximate surface area is 169 Å². The quantitative estimate of drug-likeness (QED) is 0.688. The van der Waals surface area contributed by atoms with E-state index in [9.17, 15) is 0 Å². The summed E-state index contributed by atoms with van der Waals surface area (Å²) in [7, 11) is 1.68. The summed E-state index contributed by atoms with van der Waals surface area (Å²) in [5, 5.41) is 8.58. The van der Waals surface area contributed by atoms with Gasteiger partial charge >= 0.3 is 0 Å². The summed E-state index contributed by atoms with van der Waals surface area (Å²) in [6.45, 7) is 4.41. The molecule has 0 spiro atoms. The SMILES string of the molecule is CCc1ccc([C@H]2N[C@@H](c3ccc(CC)cc3)[C@H]3CCC[C@@H]2C3=NOC)cc1. The Bertz CT molecular complexity index is 746. The Kier molecular flexibility index (Phi) is 5.82. The van der Waals surface area contributed by atoms with E-state index >= 15 is 0 Å². The third kappa shape index (κ3) is 3.60. The van der Waals surface area contributed by atoms with E-state index in [-0.39, 0.29) is 12.1 Å². The molecule has 0 unspecified atom stereocenters. The van der Waals surface area contributed by atoms with Crippen molar-refractivity contribution in [2.45, 2.75) is 58.0 Å². The van der Waals surface area contributed by atoms with Crippen LogP contribution in [-0.2, 0) is 17.7 Å². The van der Waals surface area contributed by atoms with Crippen molar-refractivity contribution in [2.24, 2.45) is 17.0 Å². The molecule has 1 aliphatic carbocycles. The maximum atomic E-state index is 5.32. The summed E-state index contributed by atoms with van der Waals surface area (Å²) in [5.74, 6) is 0.828. The van der Waals surface area contributed by atoms with Gasteiger partial charge in [0.1, 0.15) is 7.11 Å². The highest BCUT2D eigenvalue weighted by Gasteiger charge is 2.45. The van der Waals surface area contributed by atoms with E-state index in [1.807, 2.05) is 0 Å². The Morgan fingerprint density at radius 2 is 1.29 bits per heavy atom. The van der Waals surface area contributed by atoms with Gasteiger partial charge in [0.25, 0.3) is 0 Å². The molecule has 1 heterocycles. The predicted molar refractivity (Wildman–Crippen MR) is 116 cm³/mol. The molecule has 2 aromatic rings. The van der Waals surface area contributed by atoms with Gasteiger partial charge in [-0.25, -0.2) is 0 Å². The summed E-state index contributed by atoms with van der Waals surface area (Å²) in [5.41, 5.74) is 6.75. The molecule has 0 aromatic heterocycles. The van der Waals surface area contributed by atoms with Gasteiger partial charge in [-0.15, -0.1) is 0 Å². The van der Waals surface area contributed by atoms with Crippen molar-refractivity contribution in [3.8, 4) is 0 Å². The van der Waals surface area contributed by atoms with E-state index in [1.165, 1.54) is 47.2 Å². The lowest BCUT2D eigenvalue weighted by molar-refractivity contribution is 0.180. The highest BCUT2D eigenvalue weighted by Crippen LogP contribution is 2.46. The van der Waals surface area contributed by atoms with E-state index < -0.39 is 0 Å². The molecule has 3 heteroatoms. The van der Waals surface area contributed by atoms with Gasteiger partial charge < -0.3 is 10.2 Å². The Hall–Kier alpha value is -2.13. The van der Waals surface area contributed by atoms with Crippen molar-refractivity contribution in [1.82, 2.24) is 5.32 Å². The number of aryl methyl sites for hydroxylation is 2. The molecule has 2 bridgehead atoms. The highest BCUT2D eigenvalue weighted by atomic mass is 16.6. The fourth-order valence-electron chi connectivity index (χ4n) is 5.05. The monoisotopic (exact) mass is 376 g/mol. The third-order valence-corrected chi connectivity index (χ3v) is 6.64. The van der Waals surface area contributed by atoms with Gasteiger partial charge in [-0.05, 0) is 47.9 Å². The summed E-state index contributed by atoms with van der Waals surface area (Å²) in [6, 6.07) is 18.8. The molecule has 28 heavy (non-hydrogen) atoms. The topological polar surface area (TPSA) is 33.6 Å². The molecule has 1 saturated carbocycles. The van der Waals surface area contributed by atoms with Crippen molar-refractivity contribution in [3.05, 3.63) is 70.8 Å². The fourth-order valence-corrected chi connectivity index (χ4v) is 5.05. The summed E-state index contributed by atoms with van der Waals surface area (Å²) in [4.78, 5) is 5.32. The van der Waals surface area contributed by atoms with E-state index in [0.717, 1.165) is 12.8 Å². The number of nitrogens with one attached hydrogen (secondary N) is 1. The standard InChI is InChI=1S/C25H32N2O/c1-4-17-9-13-19(14-10-17)23-21-7-6-8-22(25(21)27-28-3)24(26-23)20-15-11-18(5-2)12-16-20/h9-16,21-24,26H,4-8H2,1-3H3/t21-,22+,23+,24-. The van der Waals surface area contributed by atoms with Crippen LogP contribution in [0, 0.1) is 11.8 Å². The average Bonchev–Trinajstić information content (AvgIpc) is 2.74. The Morgan fingerprint density at radius 3 is 1.68 bits per heavy atom. The van der Waals surface area contributed by atoms with Gasteiger partial charge in [0.15, 0.2) is 0 Å². The number of piperidine rings is 1. The van der Waals surface area contributed by atoms with Crippen LogP contribution in [0.15, 0.2) is 53.7 Å². The second-order valence-corrected chi connectivity index (χ2v) is 8.15. The zero-order chi connectivity index (χ0) is 19.5. The van der Waals surface area contributed by atoms with Crippen LogP contribution >= 0.6 is 0 Å². The minimum absolute atomic E-state index is 0.284. The Morgan fingerprint density at radius 1 is 0.821 bits per heavy atom. The van der Waals surface area contributed by atoms with Crippen LogP contribution in [0.5, 0.6) is 0 Å². The molecule has 0 radical (unpaired) electrons. The molecule has 2 aliphatic rings. The van der Waals surface area contributed by atoms with E-state index in [2.05, 4.69) is 72.9 Å². The van der Waals surface area contributed by atoms with Crippen LogP contribution in [0.4, 0.5) is 0 Å². The summed E-state index contributed by atoms with van der Waals surface area (Å²) < 4.78 is 0. The minimum atomic E-state index is 0.284. The predicted octanol–water partition coefficient (Wildman–Crippen LogP) is 5.62. The number of hydrogen-bond donors (Lipinski definition) is 1. The highest BCUT2D eigenvalue weighted by molar-refractivity contribution is 5.91. The lowest BCUT2D eigenvalue weighted by Gasteiger charge is -2.47. The number of hydrogen-bond acceptors (Lipinski definition) is 3. The van der Waals surface area contributed by atoms with Gasteiger partial charge in [0, 0.05) is 23.9 Å². The summed E-state index contributed by atoms with van der Waals surface area (Å²) in [6.07, 6.45) is 5.76. The largest absolute Gasteiger partial charge is 0.399 e. The number of benzene rings is 2. The van der Waals surface area contributed by atoms with Crippen LogP contribution in [-0.4, -0.2) is 12.8 Å². The molecule has 3 nitrogen and oxygen atoms in total. The first-order chi connectivity index (χ1) is 13.7. The minimum Gasteiger partial charge on any atom is -0.399 e. The molecule has 4 rings (SSSR count). The van der Waals surface area contributed by atoms with Crippen molar-refractivity contribution in [3.63, 3.8) is 0 Å². The first kappa shape index (κ1) is 19.2. The van der Waals surface area contributed by atoms with Gasteiger partial charge in [-0.1, -0.05) is 74.0 Å². The third-order valence-electron chi connectivity index (χ3n) is 6.64. The van der Waals surface area contributed by atoms with Crippen molar-refractivity contribution < 1.29 is 4.84 Å². The van der Waals surface area contributed by atoms with Gasteiger partial charge in [-0.3, -0.25) is 0 Å². The molecular formula is C25H32N2O. The lowest BCUT2D eigenvalue weighted by atomic mass is 9.67. The van der Waals surface area contributed by atoms with Crippen LogP contribution in [0.25, 0.3) is 0 Å². The van der Waals surface area contributed by atoms with E-state index in [4.69, 9.17) is 4.84 Å². The maximum absolute atomic E-state index is 5.32. The molecule has 4 atom stereocenters. The number of nitrogens with zero attached hydrogens (tertiary/aromatic N) is 1. The second kappa shape index (κ2) is 8.48. The van der Waals surface area contributed by atoms with Gasteiger partial charge in [0.05, 0.1) is 5.71 Å². The molecule has 0 amide bonds. The Balaban J connectivity index is 1.72. The first-order valence-corrected chi connectivity index (χ1v) is 10.8. The normalized spacial score (nSPS) is 28.3. The molecule has 1 saturated heterocycles. The zero-order valence-corrected chi connectivity index (χ0v) is 17.3.